The maximum atomic E-state index is 13.9. The lowest BCUT2D eigenvalue weighted by atomic mass is 9.92. The molecule has 4 aromatic heterocycles. The Morgan fingerprint density at radius 1 is 0.692 bits per heavy atom. The molecule has 13 N–H and O–H groups in total. The van der Waals surface area contributed by atoms with Gasteiger partial charge in [0, 0.05) is 84.8 Å². The fraction of sp³-hybridized carbons (Fsp3) is 0.457. The zero-order valence-corrected chi connectivity index (χ0v) is 77.1. The van der Waals surface area contributed by atoms with Gasteiger partial charge in [0.1, 0.15) is 48.1 Å². The average Bonchev–Trinajstić information content (AvgIpc) is 1.72. The number of nitrogens with one attached hydrogen (secondary N) is 7. The zero-order chi connectivity index (χ0) is 93.9. The summed E-state index contributed by atoms with van der Waals surface area (Å²) in [5.74, 6) is 0.491. The van der Waals surface area contributed by atoms with E-state index in [1.807, 2.05) is 186 Å². The van der Waals surface area contributed by atoms with Crippen molar-refractivity contribution < 1.29 is 68.1 Å². The van der Waals surface area contributed by atoms with Gasteiger partial charge in [0.05, 0.1) is 77.3 Å². The highest BCUT2D eigenvalue weighted by Crippen LogP contribution is 2.32. The third-order valence-corrected chi connectivity index (χ3v) is 24.7. The number of carbonyl (C=O) groups excluding carboxylic acids is 6. The molecule has 0 unspecified atom stereocenters. The molecule has 698 valence electrons. The van der Waals surface area contributed by atoms with Crippen LogP contribution in [-0.4, -0.2) is 207 Å². The van der Waals surface area contributed by atoms with Crippen LogP contribution in [0, 0.1) is 32.6 Å². The summed E-state index contributed by atoms with van der Waals surface area (Å²) in [4.78, 5) is 135. The van der Waals surface area contributed by atoms with Crippen LogP contribution in [0.2, 0.25) is 0 Å². The molecule has 3 aliphatic heterocycles. The smallest absolute Gasteiger partial charge is 0.407 e. The van der Waals surface area contributed by atoms with E-state index in [2.05, 4.69) is 75.7 Å². The van der Waals surface area contributed by atoms with Gasteiger partial charge in [0.25, 0.3) is 11.5 Å². The molecule has 5 aromatic carbocycles. The molecule has 130 heavy (non-hydrogen) atoms. The van der Waals surface area contributed by atoms with Crippen LogP contribution in [0.1, 0.15) is 140 Å². The Labute approximate surface area is 767 Å². The molecule has 35 nitrogen and oxygen atoms in total. The molecule has 7 heterocycles. The van der Waals surface area contributed by atoms with E-state index in [-0.39, 0.29) is 105 Å². The first-order valence-corrected chi connectivity index (χ1v) is 45.9. The quantitative estimate of drug-likeness (QED) is 0.00979. The maximum absolute atomic E-state index is 13.9. The Bertz CT molecular complexity index is 5280. The van der Waals surface area contributed by atoms with Crippen molar-refractivity contribution >= 4 is 76.1 Å². The standard InChI is InChI=1S/C37H48N6O5S2.C37H48N4O5.C10H13N5O4.C8H11N3O3S/c1-24(2)33(42-36(46)43(5)20-29-22-49-35(40-29)25(3)4)34(45)39-28(16-26-12-8-6-9-13-26)18-32(44)31(17-27-14-10-7-11-15-27)41-37(47)48-21-30-19-38-23-50-30;1-25(2)34(41-20-12-19-38-37(41)45)36(44)39-30(21-28-15-7-5-8-16-28)23-32(42)31(22-29-17-9-6-10-18-29)40-33(43)24-46-35-26(3)13-11-14-27(35)4;1-5-3-15(10(18)12-9(5)17)8-2-6(13-14-11)7(4-16)19-8;9-5-1-2-11(8(13)10-5)6-4-15-7(3-12)14-6/h6-15,19,22-25,28,31-33,44H,16-18,20-21H2,1-5H3,(H,39,45)(H,41,47)(H,42,46);5-11,13-18,25,30-32,34,42H,12,19-24H2,1-4H3,(H,38,45)(H,39,44)(H,40,43);3,6-8,16H,2,4H2,1H3,(H,12,17,18);1-2,6-7,12H,3-4H2,(H2,9,10,13)/t28-,31-,32-,33-;30-,31-,32-,34-;6-,7+,8+;6-,7+/m0000/s1. The SMILES string of the molecule is CC(C)c1nc(CN(C)C(=O)N[C@H](C(=O)N[C@@H](Cc2ccccc2)C[C@H](O)[C@H](Cc2ccccc2)NC(=O)OCc2cncs2)C(C)C)cs1.Cc1cccc(C)c1OCC(=O)N[C@@H](Cc1ccccc1)[C@@H](O)C[C@H](Cc1ccccc1)NC(=O)[C@H](C(C)C)N1CCCNC1=O.Cc1cn([C@H]2C[C@H](N=[N+]=[N-])[C@@H](CO)O2)c(=O)[nH]c1=O.Nc1ccn([C@@H]2CS[C@H](CO)O2)c(=O)n1. The van der Waals surface area contributed by atoms with Gasteiger partial charge in [-0.2, -0.15) is 4.98 Å². The van der Waals surface area contributed by atoms with E-state index in [0.29, 0.717) is 68.3 Å². The van der Waals surface area contributed by atoms with Crippen molar-refractivity contribution in [3.05, 3.63) is 271 Å². The highest BCUT2D eigenvalue weighted by atomic mass is 32.2. The predicted octanol–water partition coefficient (Wildman–Crippen LogP) is 9.44. The topological polar surface area (TPSA) is 489 Å². The van der Waals surface area contributed by atoms with Crippen LogP contribution in [0.15, 0.2) is 195 Å². The molecule has 8 amide bonds. The first-order chi connectivity index (χ1) is 62.4. The van der Waals surface area contributed by atoms with Gasteiger partial charge < -0.3 is 86.8 Å². The molecule has 0 radical (unpaired) electrons. The van der Waals surface area contributed by atoms with E-state index >= 15 is 0 Å². The molecule has 38 heteroatoms. The van der Waals surface area contributed by atoms with Gasteiger partial charge >= 0.3 is 29.5 Å². The molecular formula is C92H120N18O17S3. The summed E-state index contributed by atoms with van der Waals surface area (Å²) in [6, 6.07) is 41.1. The number of azide groups is 1. The Morgan fingerprint density at radius 2 is 1.28 bits per heavy atom. The van der Waals surface area contributed by atoms with Crippen LogP contribution in [0.4, 0.5) is 20.2 Å². The number of hydrogen-bond acceptors (Lipinski definition) is 25. The average molecular weight is 1850 g/mol. The van der Waals surface area contributed by atoms with Crippen LogP contribution in [-0.2, 0) is 67.4 Å². The van der Waals surface area contributed by atoms with Gasteiger partial charge in [-0.1, -0.05) is 186 Å². The molecular weight excluding hydrogens is 1730 g/mol. The van der Waals surface area contributed by atoms with Gasteiger partial charge in [-0.05, 0) is 123 Å². The summed E-state index contributed by atoms with van der Waals surface area (Å²) in [7, 11) is 1.68. The van der Waals surface area contributed by atoms with Crippen molar-refractivity contribution in [2.24, 2.45) is 17.0 Å². The molecule has 3 saturated heterocycles. The second-order valence-electron chi connectivity index (χ2n) is 33.0. The lowest BCUT2D eigenvalue weighted by Crippen LogP contribution is -2.59. The highest BCUT2D eigenvalue weighted by Gasteiger charge is 2.39. The highest BCUT2D eigenvalue weighted by molar-refractivity contribution is 8.00. The zero-order valence-electron chi connectivity index (χ0n) is 74.7. The number of aliphatic hydroxyl groups excluding tert-OH is 4. The summed E-state index contributed by atoms with van der Waals surface area (Å²) in [6.45, 7) is 18.1. The number of urea groups is 2. The number of alkyl carbamates (subject to hydrolysis) is 1. The number of benzene rings is 5. The fourth-order valence-corrected chi connectivity index (χ4v) is 17.1. The molecule has 9 aromatic rings. The Hall–Kier alpha value is -11.8. The van der Waals surface area contributed by atoms with Crippen LogP contribution in [0.25, 0.3) is 10.4 Å². The van der Waals surface area contributed by atoms with Crippen molar-refractivity contribution in [2.45, 2.75) is 211 Å². The van der Waals surface area contributed by atoms with Crippen molar-refractivity contribution in [3.63, 3.8) is 0 Å². The number of thiazole rings is 2. The van der Waals surface area contributed by atoms with Gasteiger partial charge in [-0.3, -0.25) is 38.3 Å². The summed E-state index contributed by atoms with van der Waals surface area (Å²) >= 11 is 4.42. The summed E-state index contributed by atoms with van der Waals surface area (Å²) < 4.78 is 24.8. The predicted molar refractivity (Wildman–Crippen MR) is 497 cm³/mol. The lowest BCUT2D eigenvalue weighted by Gasteiger charge is -2.37. The summed E-state index contributed by atoms with van der Waals surface area (Å²) in [6.07, 6.45) is 3.18. The van der Waals surface area contributed by atoms with Crippen molar-refractivity contribution in [1.29, 1.82) is 0 Å². The van der Waals surface area contributed by atoms with Gasteiger partial charge in [0.15, 0.2) is 6.61 Å². The number of ether oxygens (including phenoxy) is 4. The van der Waals surface area contributed by atoms with Crippen LogP contribution >= 0.6 is 34.4 Å². The number of nitrogens with two attached hydrogens (primary N) is 1. The number of rotatable bonds is 37. The van der Waals surface area contributed by atoms with Gasteiger partial charge in [-0.15, -0.1) is 34.4 Å². The van der Waals surface area contributed by atoms with E-state index in [4.69, 9.17) is 40.4 Å². The van der Waals surface area contributed by atoms with Crippen molar-refractivity contribution in [2.75, 3.05) is 51.4 Å². The summed E-state index contributed by atoms with van der Waals surface area (Å²) in [5.41, 5.74) is 20.6. The number of nitrogens with zero attached hydrogens (tertiary/aromatic N) is 10. The molecule has 12 rings (SSSR count). The van der Waals surface area contributed by atoms with E-state index < -0.39 is 89.9 Å². The van der Waals surface area contributed by atoms with Gasteiger partial charge in [0.2, 0.25) is 11.8 Å². The van der Waals surface area contributed by atoms with Crippen molar-refractivity contribution in [3.8, 4) is 5.75 Å². The number of para-hydroxylation sites is 1. The second-order valence-corrected chi connectivity index (χ2v) is 36.0. The molecule has 0 aliphatic carbocycles. The number of aromatic amines is 1. The Kier molecular flexibility index (Phi) is 40.4. The van der Waals surface area contributed by atoms with Crippen LogP contribution in [0.3, 0.4) is 0 Å². The number of aryl methyl sites for hydroxylation is 3. The molecule has 0 spiro atoms. The fourth-order valence-electron chi connectivity index (χ4n) is 14.9. The van der Waals surface area contributed by atoms with Crippen LogP contribution in [0.5, 0.6) is 5.75 Å². The monoisotopic (exact) mass is 1840 g/mol. The number of amides is 8. The third-order valence-electron chi connectivity index (χ3n) is 21.6. The van der Waals surface area contributed by atoms with Gasteiger partial charge in [-0.25, -0.2) is 29.0 Å². The largest absolute Gasteiger partial charge is 0.483 e. The number of anilines is 1. The number of aliphatic hydroxyl groups is 4. The minimum atomic E-state index is -1.05. The number of H-pyrrole nitrogens is 1. The minimum absolute atomic E-state index is 0.0572. The number of nitrogen functional groups attached to an aromatic ring is 1. The molecule has 3 aliphatic rings. The Balaban J connectivity index is 0.000000216. The van der Waals surface area contributed by atoms with Crippen LogP contribution < -0.4 is 59.3 Å². The van der Waals surface area contributed by atoms with E-state index in [1.54, 1.807) is 54.2 Å². The molecule has 0 bridgehead atoms. The van der Waals surface area contributed by atoms with Crippen molar-refractivity contribution in [1.82, 2.24) is 70.8 Å². The Morgan fingerprint density at radius 3 is 1.79 bits per heavy atom. The molecule has 13 atom stereocenters. The summed E-state index contributed by atoms with van der Waals surface area (Å²) in [5, 5.41) is 65.8. The first kappa shape index (κ1) is 102. The van der Waals surface area contributed by atoms with E-state index in [9.17, 15) is 53.4 Å². The second kappa shape index (κ2) is 51.5. The third kappa shape index (κ3) is 31.8. The van der Waals surface area contributed by atoms with E-state index in [0.717, 1.165) is 55.4 Å². The number of aromatic nitrogens is 6. The number of hydrogen-bond donors (Lipinski definition) is 12. The first-order valence-electron chi connectivity index (χ1n) is 43.1. The number of thioether (sulfide) groups is 1. The minimum Gasteiger partial charge on any atom is -0.483 e. The molecule has 3 fully saturated rings. The van der Waals surface area contributed by atoms with E-state index in [1.165, 1.54) is 43.3 Å². The normalized spacial score (nSPS) is 17.6. The lowest BCUT2D eigenvalue weighted by molar-refractivity contribution is -0.128. The number of carbonyl (C=O) groups is 6. The molecule has 0 saturated carbocycles. The maximum Gasteiger partial charge on any atom is 0.407 e.